The molecule has 1 N–H and O–H groups in total. The van der Waals surface area contributed by atoms with E-state index in [9.17, 15) is 18.8 Å². The van der Waals surface area contributed by atoms with Gasteiger partial charge in [-0.05, 0) is 48.6 Å². The Morgan fingerprint density at radius 2 is 1.81 bits per heavy atom. The van der Waals surface area contributed by atoms with Gasteiger partial charge in [-0.2, -0.15) is 10.1 Å². The molecule has 1 saturated heterocycles. The summed E-state index contributed by atoms with van der Waals surface area (Å²) in [6.45, 7) is -0.303. The molecule has 2 bridgehead atoms. The lowest BCUT2D eigenvalue weighted by Crippen LogP contribution is -2.28. The molecule has 32 heavy (non-hydrogen) atoms. The van der Waals surface area contributed by atoms with Crippen LogP contribution in [0.3, 0.4) is 0 Å². The van der Waals surface area contributed by atoms with Gasteiger partial charge in [0, 0.05) is 11.3 Å². The number of rotatable bonds is 6. The second-order valence-corrected chi connectivity index (χ2v) is 8.12. The first-order valence-electron chi connectivity index (χ1n) is 10.4. The van der Waals surface area contributed by atoms with Gasteiger partial charge in [0.1, 0.15) is 11.6 Å². The number of nitrogens with zero attached hydrogens (tertiary/aromatic N) is 2. The third-order valence-corrected chi connectivity index (χ3v) is 6.15. The SMILES string of the molecule is O=C(COc1ccccc1C=NN1C(=O)[C@@H]2[C@H](C1=O)[C@H]1C=C[C@H]2C1)Nc1cccc(F)c1. The van der Waals surface area contributed by atoms with Crippen LogP contribution in [0.15, 0.2) is 65.8 Å². The van der Waals surface area contributed by atoms with E-state index in [0.717, 1.165) is 11.4 Å². The molecule has 1 saturated carbocycles. The van der Waals surface area contributed by atoms with Crippen LogP contribution in [-0.2, 0) is 14.4 Å². The monoisotopic (exact) mass is 433 g/mol. The van der Waals surface area contributed by atoms with Crippen LogP contribution in [-0.4, -0.2) is 35.6 Å². The summed E-state index contributed by atoms with van der Waals surface area (Å²) in [5.74, 6) is -1.45. The van der Waals surface area contributed by atoms with Crippen molar-refractivity contribution in [3.05, 3.63) is 72.1 Å². The number of halogens is 1. The Bertz CT molecular complexity index is 1130. The minimum absolute atomic E-state index is 0.119. The first-order valence-corrected chi connectivity index (χ1v) is 10.4. The Kier molecular flexibility index (Phi) is 5.05. The Hall–Kier alpha value is -3.81. The van der Waals surface area contributed by atoms with Crippen molar-refractivity contribution in [1.29, 1.82) is 0 Å². The number of ether oxygens (including phenoxy) is 1. The lowest BCUT2D eigenvalue weighted by atomic mass is 9.85. The molecular formula is C24H20FN3O4. The number of imide groups is 1. The standard InChI is InChI=1S/C24H20FN3O4/c25-17-5-3-6-18(11-17)27-20(29)13-32-19-7-2-1-4-16(19)12-26-28-23(30)21-14-8-9-15(10-14)22(21)24(28)31/h1-9,11-12,14-15,21-22H,10,13H2,(H,27,29)/t14-,15-,21-,22+/m0/s1. The van der Waals surface area contributed by atoms with Crippen LogP contribution in [0.4, 0.5) is 10.1 Å². The number of para-hydroxylation sites is 1. The van der Waals surface area contributed by atoms with Crippen molar-refractivity contribution < 1.29 is 23.5 Å². The van der Waals surface area contributed by atoms with Gasteiger partial charge >= 0.3 is 0 Å². The highest BCUT2D eigenvalue weighted by atomic mass is 19.1. The van der Waals surface area contributed by atoms with E-state index in [2.05, 4.69) is 10.4 Å². The zero-order chi connectivity index (χ0) is 22.2. The summed E-state index contributed by atoms with van der Waals surface area (Å²) >= 11 is 0. The summed E-state index contributed by atoms with van der Waals surface area (Å²) in [4.78, 5) is 37.6. The molecule has 1 aliphatic heterocycles. The molecule has 0 spiro atoms. The van der Waals surface area contributed by atoms with Gasteiger partial charge < -0.3 is 10.1 Å². The highest BCUT2D eigenvalue weighted by Crippen LogP contribution is 2.52. The fourth-order valence-electron chi connectivity index (χ4n) is 4.75. The molecule has 2 aliphatic carbocycles. The number of benzene rings is 2. The molecule has 2 aromatic carbocycles. The van der Waals surface area contributed by atoms with Crippen molar-refractivity contribution in [3.8, 4) is 5.75 Å². The van der Waals surface area contributed by atoms with Crippen LogP contribution in [0.2, 0.25) is 0 Å². The first-order chi connectivity index (χ1) is 15.5. The summed E-state index contributed by atoms with van der Waals surface area (Å²) in [6, 6.07) is 12.4. The topological polar surface area (TPSA) is 88.1 Å². The van der Waals surface area contributed by atoms with Crippen molar-refractivity contribution in [3.63, 3.8) is 0 Å². The van der Waals surface area contributed by atoms with Gasteiger partial charge in [0.05, 0.1) is 18.1 Å². The van der Waals surface area contributed by atoms with Gasteiger partial charge in [-0.25, -0.2) is 4.39 Å². The highest BCUT2D eigenvalue weighted by Gasteiger charge is 2.59. The smallest absolute Gasteiger partial charge is 0.262 e. The molecule has 4 atom stereocenters. The third kappa shape index (κ3) is 3.57. The minimum Gasteiger partial charge on any atom is -0.483 e. The summed E-state index contributed by atoms with van der Waals surface area (Å²) in [5, 5.41) is 7.68. The van der Waals surface area contributed by atoms with Crippen molar-refractivity contribution in [2.24, 2.45) is 28.8 Å². The van der Waals surface area contributed by atoms with E-state index in [1.807, 2.05) is 12.2 Å². The normalized spacial score (nSPS) is 25.6. The van der Waals surface area contributed by atoms with Crippen molar-refractivity contribution in [1.82, 2.24) is 5.01 Å². The second kappa shape index (κ2) is 8.03. The summed E-state index contributed by atoms with van der Waals surface area (Å²) in [5.41, 5.74) is 0.846. The number of amides is 3. The van der Waals surface area contributed by atoms with E-state index < -0.39 is 11.7 Å². The van der Waals surface area contributed by atoms with Crippen LogP contribution in [0.5, 0.6) is 5.75 Å². The Labute approximate surface area is 183 Å². The number of fused-ring (bicyclic) bond motifs is 5. The summed E-state index contributed by atoms with van der Waals surface area (Å²) in [6.07, 6.45) is 6.31. The number of allylic oxidation sites excluding steroid dienone is 2. The molecule has 2 aromatic rings. The Morgan fingerprint density at radius 3 is 2.53 bits per heavy atom. The largest absolute Gasteiger partial charge is 0.483 e. The van der Waals surface area contributed by atoms with E-state index in [0.29, 0.717) is 17.0 Å². The van der Waals surface area contributed by atoms with Gasteiger partial charge in [0.2, 0.25) is 0 Å². The molecular weight excluding hydrogens is 413 g/mol. The molecule has 162 valence electrons. The molecule has 3 amide bonds. The number of anilines is 1. The summed E-state index contributed by atoms with van der Waals surface area (Å²) in [7, 11) is 0. The van der Waals surface area contributed by atoms with Crippen molar-refractivity contribution >= 4 is 29.6 Å². The molecule has 0 unspecified atom stereocenters. The van der Waals surface area contributed by atoms with Crippen LogP contribution in [0.25, 0.3) is 0 Å². The molecule has 8 heteroatoms. The van der Waals surface area contributed by atoms with Crippen LogP contribution in [0.1, 0.15) is 12.0 Å². The lowest BCUT2D eigenvalue weighted by molar-refractivity contribution is -0.140. The maximum atomic E-state index is 13.3. The van der Waals surface area contributed by atoms with Crippen LogP contribution < -0.4 is 10.1 Å². The van der Waals surface area contributed by atoms with Crippen molar-refractivity contribution in [2.75, 3.05) is 11.9 Å². The number of hydrogen-bond donors (Lipinski definition) is 1. The van der Waals surface area contributed by atoms with E-state index in [4.69, 9.17) is 4.74 Å². The number of hydrogen-bond acceptors (Lipinski definition) is 5. The average Bonchev–Trinajstić information content (AvgIpc) is 3.46. The van der Waals surface area contributed by atoms with Gasteiger partial charge in [-0.1, -0.05) is 30.4 Å². The number of nitrogens with one attached hydrogen (secondary N) is 1. The fourth-order valence-corrected chi connectivity index (χ4v) is 4.75. The predicted octanol–water partition coefficient (Wildman–Crippen LogP) is 2.98. The molecule has 2 fully saturated rings. The van der Waals surface area contributed by atoms with Gasteiger partial charge in [-0.3, -0.25) is 14.4 Å². The molecule has 3 aliphatic rings. The van der Waals surface area contributed by atoms with Gasteiger partial charge in [0.15, 0.2) is 6.61 Å². The van der Waals surface area contributed by atoms with E-state index >= 15 is 0 Å². The molecule has 0 radical (unpaired) electrons. The Morgan fingerprint density at radius 1 is 1.09 bits per heavy atom. The molecule has 5 rings (SSSR count). The predicted molar refractivity (Wildman–Crippen MR) is 114 cm³/mol. The molecule has 7 nitrogen and oxygen atoms in total. The molecule has 1 heterocycles. The van der Waals surface area contributed by atoms with E-state index in [-0.39, 0.29) is 42.1 Å². The molecule has 0 aromatic heterocycles. The average molecular weight is 433 g/mol. The number of hydrazone groups is 1. The van der Waals surface area contributed by atoms with Gasteiger partial charge in [0.25, 0.3) is 17.7 Å². The maximum absolute atomic E-state index is 13.3. The maximum Gasteiger partial charge on any atom is 0.262 e. The highest BCUT2D eigenvalue weighted by molar-refractivity contribution is 6.07. The lowest BCUT2D eigenvalue weighted by Gasteiger charge is -2.13. The number of carbonyl (C=O) groups excluding carboxylic acids is 3. The number of carbonyl (C=O) groups is 3. The zero-order valence-electron chi connectivity index (χ0n) is 17.0. The van der Waals surface area contributed by atoms with Gasteiger partial charge in [-0.15, -0.1) is 0 Å². The quantitative estimate of drug-likeness (QED) is 0.431. The van der Waals surface area contributed by atoms with E-state index in [1.54, 1.807) is 30.3 Å². The second-order valence-electron chi connectivity index (χ2n) is 8.12. The minimum atomic E-state index is -0.456. The Balaban J connectivity index is 1.25. The first kappa shape index (κ1) is 20.1. The van der Waals surface area contributed by atoms with Crippen LogP contribution in [0, 0.1) is 29.5 Å². The van der Waals surface area contributed by atoms with Crippen molar-refractivity contribution in [2.45, 2.75) is 6.42 Å². The van der Waals surface area contributed by atoms with E-state index in [1.165, 1.54) is 24.4 Å². The summed E-state index contributed by atoms with van der Waals surface area (Å²) < 4.78 is 18.9. The fraction of sp³-hybridized carbons (Fsp3) is 0.250. The third-order valence-electron chi connectivity index (χ3n) is 6.15. The zero-order valence-corrected chi connectivity index (χ0v) is 17.0. The van der Waals surface area contributed by atoms with Crippen LogP contribution >= 0.6 is 0 Å².